The summed E-state index contributed by atoms with van der Waals surface area (Å²) in [6.45, 7) is 6.47. The Morgan fingerprint density at radius 1 is 0.333 bits per heavy atom. The Morgan fingerprint density at radius 3 is 1.00 bits per heavy atom. The number of hydrogen-bond acceptors (Lipinski definition) is 6. The lowest BCUT2D eigenvalue weighted by atomic mass is 10.0. The second kappa shape index (κ2) is 51.5. The average Bonchev–Trinajstić information content (AvgIpc) is 3.28. The molecule has 0 aliphatic rings. The molecule has 0 aromatic rings. The fourth-order valence-electron chi connectivity index (χ4n) is 7.23. The van der Waals surface area contributed by atoms with Gasteiger partial charge in [-0.05, 0) is 89.9 Å². The largest absolute Gasteiger partial charge is 0.462 e. The summed E-state index contributed by atoms with van der Waals surface area (Å²) in [6, 6.07) is 0. The molecule has 0 aromatic heterocycles. The minimum atomic E-state index is -0.791. The molecule has 0 bridgehead atoms. The number of hydrogen-bond donors (Lipinski definition) is 0. The average molecular weight is 879 g/mol. The van der Waals surface area contributed by atoms with Crippen molar-refractivity contribution in [1.82, 2.24) is 0 Å². The highest BCUT2D eigenvalue weighted by atomic mass is 16.6. The quantitative estimate of drug-likeness (QED) is 0.0262. The number of esters is 3. The maximum Gasteiger partial charge on any atom is 0.306 e. The van der Waals surface area contributed by atoms with Gasteiger partial charge < -0.3 is 14.2 Å². The van der Waals surface area contributed by atoms with Crippen molar-refractivity contribution in [3.63, 3.8) is 0 Å². The van der Waals surface area contributed by atoms with Gasteiger partial charge in [-0.15, -0.1) is 0 Å². The summed E-state index contributed by atoms with van der Waals surface area (Å²) >= 11 is 0. The predicted molar refractivity (Wildman–Crippen MR) is 270 cm³/mol. The van der Waals surface area contributed by atoms with Gasteiger partial charge in [0.05, 0.1) is 0 Å². The molecule has 0 spiro atoms. The molecule has 0 saturated heterocycles. The summed E-state index contributed by atoms with van der Waals surface area (Å²) in [5.74, 6) is -0.922. The number of allylic oxidation sites excluding steroid dienone is 12. The maximum absolute atomic E-state index is 12.8. The van der Waals surface area contributed by atoms with Crippen LogP contribution in [0.3, 0.4) is 0 Å². The first-order valence-electron chi connectivity index (χ1n) is 26.4. The number of carbonyl (C=O) groups is 3. The highest BCUT2D eigenvalue weighted by Gasteiger charge is 2.19. The van der Waals surface area contributed by atoms with Gasteiger partial charge in [-0.1, -0.05) is 216 Å². The second-order valence-electron chi connectivity index (χ2n) is 17.4. The number of rotatable bonds is 47. The Morgan fingerprint density at radius 2 is 0.619 bits per heavy atom. The van der Waals surface area contributed by atoms with E-state index in [1.807, 2.05) is 0 Å². The lowest BCUT2D eigenvalue weighted by Crippen LogP contribution is -2.30. The lowest BCUT2D eigenvalue weighted by molar-refractivity contribution is -0.167. The van der Waals surface area contributed by atoms with E-state index in [9.17, 15) is 14.4 Å². The smallest absolute Gasteiger partial charge is 0.306 e. The maximum atomic E-state index is 12.8. The van der Waals surface area contributed by atoms with Crippen LogP contribution in [0, 0.1) is 0 Å². The van der Waals surface area contributed by atoms with Crippen LogP contribution >= 0.6 is 0 Å². The summed E-state index contributed by atoms with van der Waals surface area (Å²) in [4.78, 5) is 38.0. The van der Waals surface area contributed by atoms with Crippen molar-refractivity contribution in [1.29, 1.82) is 0 Å². The van der Waals surface area contributed by atoms with E-state index >= 15 is 0 Å². The van der Waals surface area contributed by atoms with Crippen LogP contribution in [0.15, 0.2) is 72.9 Å². The molecule has 0 amide bonds. The van der Waals surface area contributed by atoms with Crippen LogP contribution in [0.25, 0.3) is 0 Å². The fourth-order valence-corrected chi connectivity index (χ4v) is 7.23. The lowest BCUT2D eigenvalue weighted by Gasteiger charge is -2.18. The first-order valence-corrected chi connectivity index (χ1v) is 26.4. The standard InChI is InChI=1S/C57H98O6/c1-4-7-10-13-16-19-22-25-27-28-30-32-35-38-41-44-47-50-56(59)62-53-54(52-61-55(58)49-46-43-40-37-34-31-24-21-18-15-12-9-6-3)63-57(60)51-48-45-42-39-36-33-29-26-23-20-17-14-11-8-5-2/h7,10,16-17,19-20,25-27,29-30,32,54H,4-6,8-9,11-15,18,21-24,28,31,33-53H2,1-3H3/b10-7-,19-16-,20-17-,27-25-,29-26-,32-30-. The van der Waals surface area contributed by atoms with Crippen LogP contribution in [-0.2, 0) is 28.6 Å². The highest BCUT2D eigenvalue weighted by molar-refractivity contribution is 5.71. The van der Waals surface area contributed by atoms with Crippen LogP contribution in [0.4, 0.5) is 0 Å². The van der Waals surface area contributed by atoms with E-state index in [0.717, 1.165) is 122 Å². The third-order valence-electron chi connectivity index (χ3n) is 11.2. The van der Waals surface area contributed by atoms with Crippen molar-refractivity contribution in [2.24, 2.45) is 0 Å². The summed E-state index contributed by atoms with van der Waals surface area (Å²) in [7, 11) is 0. The molecule has 0 radical (unpaired) electrons. The third-order valence-corrected chi connectivity index (χ3v) is 11.2. The van der Waals surface area contributed by atoms with Gasteiger partial charge in [0.15, 0.2) is 6.10 Å². The first kappa shape index (κ1) is 59.9. The zero-order chi connectivity index (χ0) is 45.8. The molecule has 0 rings (SSSR count). The molecule has 0 aromatic carbocycles. The monoisotopic (exact) mass is 879 g/mol. The highest BCUT2D eigenvalue weighted by Crippen LogP contribution is 2.15. The van der Waals surface area contributed by atoms with E-state index in [1.54, 1.807) is 0 Å². The molecule has 63 heavy (non-hydrogen) atoms. The minimum absolute atomic E-state index is 0.0875. The summed E-state index contributed by atoms with van der Waals surface area (Å²) in [6.07, 6.45) is 64.5. The van der Waals surface area contributed by atoms with Crippen LogP contribution in [0.1, 0.15) is 252 Å². The molecular formula is C57H98O6. The fraction of sp³-hybridized carbons (Fsp3) is 0.737. The van der Waals surface area contributed by atoms with Crippen LogP contribution in [0.5, 0.6) is 0 Å². The predicted octanol–water partition coefficient (Wildman–Crippen LogP) is 17.4. The molecule has 0 aliphatic carbocycles. The van der Waals surface area contributed by atoms with Crippen LogP contribution in [0.2, 0.25) is 0 Å². The van der Waals surface area contributed by atoms with Gasteiger partial charge in [0.1, 0.15) is 13.2 Å². The van der Waals surface area contributed by atoms with E-state index in [-0.39, 0.29) is 31.1 Å². The SMILES string of the molecule is CC/C=C\C/C=C\C/C=C\C/C=C\CCCCCCC(=O)OCC(COC(=O)CCCCCCCCCCCCCCC)OC(=O)CCCCCCC/C=C\C/C=C\CCCCC. The second-order valence-corrected chi connectivity index (χ2v) is 17.4. The molecule has 0 saturated carbocycles. The molecule has 0 N–H and O–H groups in total. The van der Waals surface area contributed by atoms with E-state index in [2.05, 4.69) is 93.7 Å². The van der Waals surface area contributed by atoms with E-state index in [1.165, 1.54) is 89.9 Å². The van der Waals surface area contributed by atoms with Gasteiger partial charge in [-0.3, -0.25) is 14.4 Å². The van der Waals surface area contributed by atoms with Gasteiger partial charge in [-0.25, -0.2) is 0 Å². The van der Waals surface area contributed by atoms with Crippen molar-refractivity contribution in [3.8, 4) is 0 Å². The number of carbonyl (C=O) groups excluding carboxylic acids is 3. The van der Waals surface area contributed by atoms with Gasteiger partial charge >= 0.3 is 17.9 Å². The molecule has 6 heteroatoms. The molecule has 0 aliphatic heterocycles. The Kier molecular flexibility index (Phi) is 48.9. The summed E-state index contributed by atoms with van der Waals surface area (Å²) in [5.41, 5.74) is 0. The van der Waals surface area contributed by atoms with Crippen molar-refractivity contribution in [2.75, 3.05) is 13.2 Å². The molecular weight excluding hydrogens is 781 g/mol. The van der Waals surface area contributed by atoms with Gasteiger partial charge in [0, 0.05) is 19.3 Å². The third kappa shape index (κ3) is 49.7. The normalized spacial score (nSPS) is 12.6. The molecule has 1 atom stereocenters. The van der Waals surface area contributed by atoms with Gasteiger partial charge in [0.25, 0.3) is 0 Å². The van der Waals surface area contributed by atoms with Gasteiger partial charge in [-0.2, -0.15) is 0 Å². The topological polar surface area (TPSA) is 78.9 Å². The molecule has 0 fully saturated rings. The Balaban J connectivity index is 4.44. The Labute approximate surface area is 389 Å². The zero-order valence-corrected chi connectivity index (χ0v) is 41.3. The molecule has 6 nitrogen and oxygen atoms in total. The molecule has 362 valence electrons. The number of ether oxygens (including phenoxy) is 3. The van der Waals surface area contributed by atoms with E-state index in [4.69, 9.17) is 14.2 Å². The van der Waals surface area contributed by atoms with E-state index < -0.39 is 6.10 Å². The van der Waals surface area contributed by atoms with Crippen molar-refractivity contribution in [3.05, 3.63) is 72.9 Å². The summed E-state index contributed by atoms with van der Waals surface area (Å²) in [5, 5.41) is 0. The zero-order valence-electron chi connectivity index (χ0n) is 41.3. The summed E-state index contributed by atoms with van der Waals surface area (Å²) < 4.78 is 16.8. The number of unbranched alkanes of at least 4 members (excludes halogenated alkanes) is 24. The van der Waals surface area contributed by atoms with Crippen molar-refractivity contribution < 1.29 is 28.6 Å². The van der Waals surface area contributed by atoms with Gasteiger partial charge in [0.2, 0.25) is 0 Å². The van der Waals surface area contributed by atoms with Crippen molar-refractivity contribution in [2.45, 2.75) is 258 Å². The van der Waals surface area contributed by atoms with Crippen LogP contribution in [-0.4, -0.2) is 37.2 Å². The van der Waals surface area contributed by atoms with Crippen LogP contribution < -0.4 is 0 Å². The Bertz CT molecular complexity index is 1190. The van der Waals surface area contributed by atoms with Crippen molar-refractivity contribution >= 4 is 17.9 Å². The Hall–Kier alpha value is -3.15. The first-order chi connectivity index (χ1) is 31.0. The van der Waals surface area contributed by atoms with E-state index in [0.29, 0.717) is 19.3 Å². The molecule has 1 unspecified atom stereocenters. The minimum Gasteiger partial charge on any atom is -0.462 e. The molecule has 0 heterocycles.